The fraction of sp³-hybridized carbons (Fsp3) is 0.333. The molecule has 5 nitrogen and oxygen atoms in total. The molecule has 1 N–H and O–H groups in total. The van der Waals surface area contributed by atoms with E-state index in [1.165, 1.54) is 0 Å². The summed E-state index contributed by atoms with van der Waals surface area (Å²) >= 11 is 5.13. The fourth-order valence-corrected chi connectivity index (χ4v) is 3.03. The van der Waals surface area contributed by atoms with Crippen molar-refractivity contribution < 1.29 is 4.74 Å². The van der Waals surface area contributed by atoms with Crippen molar-refractivity contribution in [3.8, 4) is 11.8 Å². The fourth-order valence-electron chi connectivity index (χ4n) is 2.13. The quantitative estimate of drug-likeness (QED) is 0.651. The van der Waals surface area contributed by atoms with E-state index in [-0.39, 0.29) is 0 Å². The Labute approximate surface area is 161 Å². The second-order valence-corrected chi connectivity index (χ2v) is 7.43. The number of nitrogens with zero attached hydrogens (tertiary/aromatic N) is 3. The van der Waals surface area contributed by atoms with Crippen molar-refractivity contribution in [2.45, 2.75) is 11.5 Å². The van der Waals surface area contributed by atoms with Gasteiger partial charge in [-0.15, -0.1) is 11.8 Å². The summed E-state index contributed by atoms with van der Waals surface area (Å²) < 4.78 is 6.69. The second-order valence-electron chi connectivity index (χ2n) is 5.69. The summed E-state index contributed by atoms with van der Waals surface area (Å²) in [6, 6.07) is 7.92. The van der Waals surface area contributed by atoms with E-state index in [0.717, 1.165) is 33.7 Å². The van der Waals surface area contributed by atoms with Crippen LogP contribution >= 0.6 is 27.7 Å². The zero-order valence-corrected chi connectivity index (χ0v) is 16.9. The first kappa shape index (κ1) is 19.6. The first-order chi connectivity index (χ1) is 12.0. The highest BCUT2D eigenvalue weighted by Crippen LogP contribution is 2.32. The molecule has 0 fully saturated rings. The Kier molecular flexibility index (Phi) is 7.56. The molecule has 0 saturated carbocycles. The minimum atomic E-state index is 0.420. The van der Waals surface area contributed by atoms with E-state index < -0.39 is 0 Å². The van der Waals surface area contributed by atoms with E-state index in [2.05, 4.69) is 43.3 Å². The molecule has 0 aliphatic heterocycles. The number of anilines is 1. The molecule has 0 spiro atoms. The smallest absolute Gasteiger partial charge is 0.136 e. The lowest BCUT2D eigenvalue weighted by atomic mass is 10.2. The Bertz CT molecular complexity index is 761. The van der Waals surface area contributed by atoms with Crippen LogP contribution in [-0.2, 0) is 6.61 Å². The van der Waals surface area contributed by atoms with Gasteiger partial charge in [0.1, 0.15) is 18.4 Å². The summed E-state index contributed by atoms with van der Waals surface area (Å²) in [6.07, 6.45) is 5.65. The van der Waals surface area contributed by atoms with E-state index in [1.807, 2.05) is 32.6 Å². The van der Waals surface area contributed by atoms with Crippen LogP contribution in [0.4, 0.5) is 5.69 Å². The average Bonchev–Trinajstić information content (AvgIpc) is 2.61. The standard InChI is InChI=1S/C18H21BrN4OS/c1-23(2)5-4-22-17-8-18(16(19)7-14(17)9-20)24-12-13-6-15(25-3)11-21-10-13/h6-8,10-11,22H,4-5,12H2,1-3H3. The van der Waals surface area contributed by atoms with Gasteiger partial charge in [-0.3, -0.25) is 4.98 Å². The maximum absolute atomic E-state index is 9.34. The molecule has 1 aromatic heterocycles. The number of nitrogens with one attached hydrogen (secondary N) is 1. The van der Waals surface area contributed by atoms with Gasteiger partial charge in [0.15, 0.2) is 0 Å². The minimum Gasteiger partial charge on any atom is -0.488 e. The molecule has 0 saturated heterocycles. The van der Waals surface area contributed by atoms with E-state index in [4.69, 9.17) is 4.74 Å². The average molecular weight is 421 g/mol. The normalized spacial score (nSPS) is 10.6. The Hall–Kier alpha value is -1.75. The van der Waals surface area contributed by atoms with Gasteiger partial charge in [-0.25, -0.2) is 0 Å². The molecule has 132 valence electrons. The van der Waals surface area contributed by atoms with Gasteiger partial charge in [-0.1, -0.05) is 0 Å². The predicted molar refractivity (Wildman–Crippen MR) is 106 cm³/mol. The molecule has 0 amide bonds. The van der Waals surface area contributed by atoms with Gasteiger partial charge in [-0.2, -0.15) is 5.26 Å². The lowest BCUT2D eigenvalue weighted by molar-refractivity contribution is 0.303. The van der Waals surface area contributed by atoms with Crippen LogP contribution in [0, 0.1) is 11.3 Å². The Morgan fingerprint density at radius 3 is 2.80 bits per heavy atom. The van der Waals surface area contributed by atoms with Gasteiger partial charge in [-0.05, 0) is 48.4 Å². The molecule has 2 rings (SSSR count). The largest absolute Gasteiger partial charge is 0.488 e. The summed E-state index contributed by atoms with van der Waals surface area (Å²) in [5.41, 5.74) is 2.37. The highest BCUT2D eigenvalue weighted by atomic mass is 79.9. The van der Waals surface area contributed by atoms with Crippen LogP contribution in [0.2, 0.25) is 0 Å². The highest BCUT2D eigenvalue weighted by molar-refractivity contribution is 9.10. The van der Waals surface area contributed by atoms with Gasteiger partial charge in [0, 0.05) is 42.0 Å². The van der Waals surface area contributed by atoms with E-state index >= 15 is 0 Å². The molecule has 1 aromatic carbocycles. The van der Waals surface area contributed by atoms with Crippen LogP contribution in [0.3, 0.4) is 0 Å². The lowest BCUT2D eigenvalue weighted by Crippen LogP contribution is -2.21. The Balaban J connectivity index is 2.12. The Morgan fingerprint density at radius 2 is 2.12 bits per heavy atom. The van der Waals surface area contributed by atoms with Crippen LogP contribution in [0.1, 0.15) is 11.1 Å². The molecule has 0 aliphatic rings. The van der Waals surface area contributed by atoms with E-state index in [0.29, 0.717) is 17.9 Å². The third kappa shape index (κ3) is 5.92. The topological polar surface area (TPSA) is 61.2 Å². The first-order valence-electron chi connectivity index (χ1n) is 7.76. The van der Waals surface area contributed by atoms with Crippen molar-refractivity contribution in [1.82, 2.24) is 9.88 Å². The summed E-state index contributed by atoms with van der Waals surface area (Å²) in [5, 5.41) is 12.6. The van der Waals surface area contributed by atoms with Crippen LogP contribution < -0.4 is 10.1 Å². The zero-order valence-electron chi connectivity index (χ0n) is 14.5. The van der Waals surface area contributed by atoms with Gasteiger partial charge in [0.25, 0.3) is 0 Å². The number of benzene rings is 1. The van der Waals surface area contributed by atoms with Crippen LogP contribution in [-0.4, -0.2) is 43.3 Å². The van der Waals surface area contributed by atoms with Gasteiger partial charge in [0.2, 0.25) is 0 Å². The number of nitriles is 1. The molecule has 0 aliphatic carbocycles. The van der Waals surface area contributed by atoms with Crippen molar-refractivity contribution >= 4 is 33.4 Å². The summed E-state index contributed by atoms with van der Waals surface area (Å²) in [6.45, 7) is 2.05. The molecule has 7 heteroatoms. The Morgan fingerprint density at radius 1 is 1.32 bits per heavy atom. The number of thioether (sulfide) groups is 1. The van der Waals surface area contributed by atoms with Crippen molar-refractivity contribution in [2.75, 3.05) is 38.8 Å². The molecule has 1 heterocycles. The van der Waals surface area contributed by atoms with E-state index in [9.17, 15) is 5.26 Å². The highest BCUT2D eigenvalue weighted by Gasteiger charge is 2.10. The number of aromatic nitrogens is 1. The third-order valence-corrected chi connectivity index (χ3v) is 4.78. The van der Waals surface area contributed by atoms with E-state index in [1.54, 1.807) is 24.0 Å². The molecular weight excluding hydrogens is 400 g/mol. The minimum absolute atomic E-state index is 0.420. The first-order valence-corrected chi connectivity index (χ1v) is 9.78. The lowest BCUT2D eigenvalue weighted by Gasteiger charge is -2.15. The number of ether oxygens (including phenoxy) is 1. The van der Waals surface area contributed by atoms with Gasteiger partial charge >= 0.3 is 0 Å². The molecule has 0 atom stereocenters. The number of rotatable bonds is 8. The number of likely N-dealkylation sites (N-methyl/N-ethyl adjacent to an activating group) is 1. The molecule has 0 radical (unpaired) electrons. The number of pyridine rings is 1. The summed E-state index contributed by atoms with van der Waals surface area (Å²) in [7, 11) is 4.03. The third-order valence-electron chi connectivity index (χ3n) is 3.47. The molecule has 25 heavy (non-hydrogen) atoms. The van der Waals surface area contributed by atoms with Crippen molar-refractivity contribution in [3.05, 3.63) is 46.2 Å². The number of halogens is 1. The molecule has 0 bridgehead atoms. The van der Waals surface area contributed by atoms with Gasteiger partial charge < -0.3 is 15.0 Å². The van der Waals surface area contributed by atoms with Crippen LogP contribution in [0.5, 0.6) is 5.75 Å². The molecule has 2 aromatic rings. The van der Waals surface area contributed by atoms with Crippen molar-refractivity contribution in [2.24, 2.45) is 0 Å². The van der Waals surface area contributed by atoms with Crippen molar-refractivity contribution in [3.63, 3.8) is 0 Å². The van der Waals surface area contributed by atoms with Crippen LogP contribution in [0.15, 0.2) is 40.0 Å². The summed E-state index contributed by atoms with van der Waals surface area (Å²) in [4.78, 5) is 7.41. The monoisotopic (exact) mass is 420 g/mol. The summed E-state index contributed by atoms with van der Waals surface area (Å²) in [5.74, 6) is 0.695. The van der Waals surface area contributed by atoms with Gasteiger partial charge in [0.05, 0.1) is 15.7 Å². The van der Waals surface area contributed by atoms with Crippen LogP contribution in [0.25, 0.3) is 0 Å². The SMILES string of the molecule is CSc1cncc(COc2cc(NCCN(C)C)c(C#N)cc2Br)c1. The predicted octanol–water partition coefficient (Wildman–Crippen LogP) is 3.99. The van der Waals surface area contributed by atoms with Crippen molar-refractivity contribution in [1.29, 1.82) is 5.26 Å². The molecule has 0 unspecified atom stereocenters. The molecular formula is C18H21BrN4OS. The zero-order chi connectivity index (χ0) is 18.2. The number of hydrogen-bond acceptors (Lipinski definition) is 6. The maximum atomic E-state index is 9.34. The maximum Gasteiger partial charge on any atom is 0.136 e. The number of hydrogen-bond donors (Lipinski definition) is 1. The second kappa shape index (κ2) is 9.66.